The van der Waals surface area contributed by atoms with E-state index in [1.54, 1.807) is 7.11 Å². The van der Waals surface area contributed by atoms with Gasteiger partial charge >= 0.3 is 0 Å². The van der Waals surface area contributed by atoms with Crippen molar-refractivity contribution in [3.05, 3.63) is 87.4 Å². The van der Waals surface area contributed by atoms with Gasteiger partial charge in [-0.3, -0.25) is 4.79 Å². The van der Waals surface area contributed by atoms with Gasteiger partial charge in [-0.1, -0.05) is 68.3 Å². The predicted octanol–water partition coefficient (Wildman–Crippen LogP) is 7.26. The minimum atomic E-state index is 0.107. The number of unbranched alkanes of at least 4 members (excludes halogenated alkanes) is 1. The van der Waals surface area contributed by atoms with Crippen LogP contribution in [0, 0.1) is 5.92 Å². The second kappa shape index (κ2) is 9.18. The first-order valence-corrected chi connectivity index (χ1v) is 11.5. The van der Waals surface area contributed by atoms with Gasteiger partial charge in [0.15, 0.2) is 5.78 Å². The van der Waals surface area contributed by atoms with Crippen molar-refractivity contribution in [3.8, 4) is 16.9 Å². The molecule has 0 aromatic heterocycles. The zero-order chi connectivity index (χ0) is 21.1. The van der Waals surface area contributed by atoms with E-state index in [-0.39, 0.29) is 5.92 Å². The third-order valence-corrected chi connectivity index (χ3v) is 6.93. The van der Waals surface area contributed by atoms with Gasteiger partial charge in [0.25, 0.3) is 0 Å². The van der Waals surface area contributed by atoms with Crippen molar-refractivity contribution < 1.29 is 9.53 Å². The third kappa shape index (κ3) is 4.09. The van der Waals surface area contributed by atoms with Crippen LogP contribution in [-0.4, -0.2) is 12.9 Å². The van der Waals surface area contributed by atoms with Crippen LogP contribution in [0.4, 0.5) is 0 Å². The number of ketones is 1. The molecule has 0 heterocycles. The summed E-state index contributed by atoms with van der Waals surface area (Å²) in [6.07, 6.45) is 4.88. The lowest BCUT2D eigenvalue weighted by molar-refractivity contribution is 0.0930. The Hall–Kier alpha value is -2.39. The molecule has 0 saturated carbocycles. The molecular weight excluding hydrogens is 436 g/mol. The summed E-state index contributed by atoms with van der Waals surface area (Å²) in [5.74, 6) is 1.23. The van der Waals surface area contributed by atoms with E-state index in [1.165, 1.54) is 16.7 Å². The zero-order valence-corrected chi connectivity index (χ0v) is 19.2. The van der Waals surface area contributed by atoms with E-state index in [4.69, 9.17) is 4.74 Å². The smallest absolute Gasteiger partial charge is 0.167 e. The lowest BCUT2D eigenvalue weighted by atomic mass is 9.91. The van der Waals surface area contributed by atoms with E-state index in [2.05, 4.69) is 65.3 Å². The van der Waals surface area contributed by atoms with E-state index < -0.39 is 0 Å². The maximum absolute atomic E-state index is 13.4. The van der Waals surface area contributed by atoms with Gasteiger partial charge in [-0.05, 0) is 69.6 Å². The number of methoxy groups -OCH3 is 1. The highest BCUT2D eigenvalue weighted by Crippen LogP contribution is 2.43. The average Bonchev–Trinajstić information content (AvgIpc) is 3.08. The number of halogens is 1. The van der Waals surface area contributed by atoms with Crippen LogP contribution in [0.5, 0.6) is 5.75 Å². The number of hydrogen-bond donors (Lipinski definition) is 0. The Morgan fingerprint density at radius 3 is 2.43 bits per heavy atom. The lowest BCUT2D eigenvalue weighted by Crippen LogP contribution is -2.09. The zero-order valence-electron chi connectivity index (χ0n) is 17.6. The topological polar surface area (TPSA) is 26.3 Å². The number of fused-ring (bicyclic) bond motifs is 1. The maximum atomic E-state index is 13.4. The van der Waals surface area contributed by atoms with Gasteiger partial charge in [-0.2, -0.15) is 0 Å². The molecule has 0 aliphatic heterocycles. The van der Waals surface area contributed by atoms with Crippen LogP contribution in [0.1, 0.15) is 53.2 Å². The Labute approximate surface area is 187 Å². The quantitative estimate of drug-likeness (QED) is 0.369. The molecular formula is C27H27BrO2. The minimum absolute atomic E-state index is 0.107. The van der Waals surface area contributed by atoms with Gasteiger partial charge < -0.3 is 4.74 Å². The van der Waals surface area contributed by atoms with Gasteiger partial charge in [0, 0.05) is 21.5 Å². The van der Waals surface area contributed by atoms with Crippen molar-refractivity contribution in [2.75, 3.05) is 7.11 Å². The summed E-state index contributed by atoms with van der Waals surface area (Å²) >= 11 is 3.88. The Morgan fingerprint density at radius 2 is 1.77 bits per heavy atom. The van der Waals surface area contributed by atoms with Crippen LogP contribution in [0.15, 0.2) is 65.1 Å². The summed E-state index contributed by atoms with van der Waals surface area (Å²) in [5, 5.41) is 0. The Bertz CT molecular complexity index is 1040. The second-order valence-electron chi connectivity index (χ2n) is 8.06. The number of Topliss-reactive ketones (excluding diaryl/α,β-unsaturated/α-hetero) is 1. The third-order valence-electron chi connectivity index (χ3n) is 6.03. The van der Waals surface area contributed by atoms with E-state index in [0.717, 1.165) is 59.0 Å². The van der Waals surface area contributed by atoms with Gasteiger partial charge in [0.2, 0.25) is 0 Å². The monoisotopic (exact) mass is 462 g/mol. The Balaban J connectivity index is 1.83. The van der Waals surface area contributed by atoms with Gasteiger partial charge in [0.05, 0.1) is 7.11 Å². The standard InChI is InChI=1S/C27H27BrO2/c1-3-4-10-20-16-21-17-22(15-18-8-6-5-7-9-18)26(28)24(25(21)27(20)29)19-11-13-23(30-2)14-12-19/h5-9,11-14,17,20H,3-4,10,15-16H2,1-2H3. The van der Waals surface area contributed by atoms with Gasteiger partial charge in [-0.25, -0.2) is 0 Å². The average molecular weight is 463 g/mol. The Kier molecular flexibility index (Phi) is 6.38. The highest BCUT2D eigenvalue weighted by molar-refractivity contribution is 9.10. The normalized spacial score (nSPS) is 15.3. The van der Waals surface area contributed by atoms with Crippen LogP contribution in [0.25, 0.3) is 11.1 Å². The first-order valence-electron chi connectivity index (χ1n) is 10.7. The van der Waals surface area contributed by atoms with Crippen LogP contribution in [0.3, 0.4) is 0 Å². The highest BCUT2D eigenvalue weighted by Gasteiger charge is 2.34. The molecule has 0 bridgehead atoms. The molecule has 0 fully saturated rings. The molecule has 0 saturated heterocycles. The summed E-state index contributed by atoms with van der Waals surface area (Å²) in [6, 6.07) is 20.8. The molecule has 1 aliphatic rings. The molecule has 154 valence electrons. The van der Waals surface area contributed by atoms with Crippen molar-refractivity contribution in [1.29, 1.82) is 0 Å². The van der Waals surface area contributed by atoms with E-state index in [0.29, 0.717) is 5.78 Å². The maximum Gasteiger partial charge on any atom is 0.167 e. The van der Waals surface area contributed by atoms with Crippen molar-refractivity contribution >= 4 is 21.7 Å². The Morgan fingerprint density at radius 1 is 1.03 bits per heavy atom. The first kappa shape index (κ1) is 20.9. The summed E-state index contributed by atoms with van der Waals surface area (Å²) in [4.78, 5) is 13.4. The number of hydrogen-bond acceptors (Lipinski definition) is 2. The molecule has 1 atom stereocenters. The van der Waals surface area contributed by atoms with E-state index in [9.17, 15) is 4.79 Å². The number of benzene rings is 3. The molecule has 0 N–H and O–H groups in total. The summed E-state index contributed by atoms with van der Waals surface area (Å²) < 4.78 is 6.36. The van der Waals surface area contributed by atoms with Crippen molar-refractivity contribution in [3.63, 3.8) is 0 Å². The fraction of sp³-hybridized carbons (Fsp3) is 0.296. The number of carbonyl (C=O) groups is 1. The fourth-order valence-corrected chi connectivity index (χ4v) is 5.12. The van der Waals surface area contributed by atoms with Crippen molar-refractivity contribution in [2.45, 2.75) is 39.0 Å². The molecule has 0 radical (unpaired) electrons. The molecule has 0 amide bonds. The number of carbonyl (C=O) groups excluding carboxylic acids is 1. The largest absolute Gasteiger partial charge is 0.497 e. The predicted molar refractivity (Wildman–Crippen MR) is 126 cm³/mol. The molecule has 3 aromatic rings. The number of rotatable bonds is 7. The number of ether oxygens (including phenoxy) is 1. The van der Waals surface area contributed by atoms with Crippen LogP contribution in [0.2, 0.25) is 0 Å². The molecule has 0 spiro atoms. The molecule has 3 heteroatoms. The highest BCUT2D eigenvalue weighted by atomic mass is 79.9. The van der Waals surface area contributed by atoms with Crippen molar-refractivity contribution in [1.82, 2.24) is 0 Å². The second-order valence-corrected chi connectivity index (χ2v) is 8.85. The van der Waals surface area contributed by atoms with Gasteiger partial charge in [-0.15, -0.1) is 0 Å². The summed E-state index contributed by atoms with van der Waals surface area (Å²) in [7, 11) is 1.67. The fourth-order valence-electron chi connectivity index (χ4n) is 4.44. The molecule has 4 rings (SSSR count). The SMILES string of the molecule is CCCCC1Cc2cc(Cc3ccccc3)c(Br)c(-c3ccc(OC)cc3)c2C1=O. The minimum Gasteiger partial charge on any atom is -0.497 e. The molecule has 2 nitrogen and oxygen atoms in total. The summed E-state index contributed by atoms with van der Waals surface area (Å²) in [6.45, 7) is 2.18. The molecule has 1 aliphatic carbocycles. The van der Waals surface area contributed by atoms with Gasteiger partial charge in [0.1, 0.15) is 5.75 Å². The first-order chi connectivity index (χ1) is 14.6. The van der Waals surface area contributed by atoms with E-state index in [1.807, 2.05) is 18.2 Å². The molecule has 1 unspecified atom stereocenters. The summed E-state index contributed by atoms with van der Waals surface area (Å²) in [5.41, 5.74) is 6.69. The molecule has 30 heavy (non-hydrogen) atoms. The van der Waals surface area contributed by atoms with Crippen molar-refractivity contribution in [2.24, 2.45) is 5.92 Å². The van der Waals surface area contributed by atoms with E-state index >= 15 is 0 Å². The molecule has 3 aromatic carbocycles. The lowest BCUT2D eigenvalue weighted by Gasteiger charge is -2.16. The van der Waals surface area contributed by atoms with Crippen LogP contribution in [-0.2, 0) is 12.8 Å². The van der Waals surface area contributed by atoms with Crippen LogP contribution < -0.4 is 4.74 Å². The van der Waals surface area contributed by atoms with Crippen LogP contribution >= 0.6 is 15.9 Å².